The summed E-state index contributed by atoms with van der Waals surface area (Å²) in [6.07, 6.45) is 9.99. The zero-order valence-corrected chi connectivity index (χ0v) is 13.9. The third-order valence-electron chi connectivity index (χ3n) is 5.51. The predicted octanol–water partition coefficient (Wildman–Crippen LogP) is 4.76. The molecular weight excluding hydrogens is 278 g/mol. The maximum absolute atomic E-state index is 2.50. The van der Waals surface area contributed by atoms with Crippen molar-refractivity contribution in [1.29, 1.82) is 0 Å². The van der Waals surface area contributed by atoms with Crippen molar-refractivity contribution in [2.75, 3.05) is 13.6 Å². The number of likely N-dealkylation sites (N-methyl/N-ethyl adjacent to an activating group) is 1. The van der Waals surface area contributed by atoms with Crippen LogP contribution in [0.3, 0.4) is 0 Å². The van der Waals surface area contributed by atoms with Gasteiger partial charge >= 0.3 is 0 Å². The molecule has 2 aromatic rings. The van der Waals surface area contributed by atoms with Crippen LogP contribution in [0.5, 0.6) is 0 Å². The first-order valence-corrected chi connectivity index (χ1v) is 8.87. The predicted molar refractivity (Wildman–Crippen MR) is 96.9 cm³/mol. The third kappa shape index (κ3) is 2.86. The van der Waals surface area contributed by atoms with Gasteiger partial charge in [-0.1, -0.05) is 67.1 Å². The van der Waals surface area contributed by atoms with E-state index in [1.54, 1.807) is 0 Å². The normalized spacial score (nSPS) is 22.0. The van der Waals surface area contributed by atoms with Crippen LogP contribution in [0, 0.1) is 0 Å². The number of rotatable bonds is 2. The van der Waals surface area contributed by atoms with Crippen molar-refractivity contribution in [2.45, 2.75) is 37.6 Å². The molecule has 1 heteroatoms. The van der Waals surface area contributed by atoms with Crippen LogP contribution in [0.1, 0.15) is 47.4 Å². The quantitative estimate of drug-likeness (QED) is 0.723. The molecule has 1 saturated heterocycles. The first-order valence-electron chi connectivity index (χ1n) is 8.87. The summed E-state index contributed by atoms with van der Waals surface area (Å²) < 4.78 is 0. The highest BCUT2D eigenvalue weighted by Crippen LogP contribution is 2.37. The van der Waals surface area contributed by atoms with E-state index in [9.17, 15) is 0 Å². The standard InChI is InChI=1S/C22H25N/c1-23-15-7-6-10-19(23)13-14-22-20-11-4-2-8-17(20)16-18-9-3-5-12-21(18)22/h2-5,8-9,11-14,19,22H,6-7,10,15-16H2,1H3/b14-13+. The van der Waals surface area contributed by atoms with Gasteiger partial charge < -0.3 is 0 Å². The molecular formula is C22H25N. The van der Waals surface area contributed by atoms with E-state index in [0.29, 0.717) is 12.0 Å². The second-order valence-corrected chi connectivity index (χ2v) is 6.98. The maximum atomic E-state index is 2.50. The molecule has 1 aliphatic heterocycles. The Morgan fingerprint density at radius 2 is 1.52 bits per heavy atom. The van der Waals surface area contributed by atoms with E-state index >= 15 is 0 Å². The summed E-state index contributed by atoms with van der Waals surface area (Å²) in [4.78, 5) is 2.50. The van der Waals surface area contributed by atoms with Crippen LogP contribution >= 0.6 is 0 Å². The van der Waals surface area contributed by atoms with Gasteiger partial charge in [0, 0.05) is 12.0 Å². The summed E-state index contributed by atoms with van der Waals surface area (Å²) in [5.74, 6) is 0.409. The Morgan fingerprint density at radius 1 is 0.870 bits per heavy atom. The average molecular weight is 303 g/mol. The van der Waals surface area contributed by atoms with Crippen LogP contribution in [0.15, 0.2) is 60.7 Å². The fraction of sp³-hybridized carbons (Fsp3) is 0.364. The smallest absolute Gasteiger partial charge is 0.0275 e. The number of hydrogen-bond acceptors (Lipinski definition) is 1. The van der Waals surface area contributed by atoms with Gasteiger partial charge in [0.15, 0.2) is 0 Å². The molecule has 23 heavy (non-hydrogen) atoms. The molecule has 0 amide bonds. The number of hydrogen-bond donors (Lipinski definition) is 0. The fourth-order valence-corrected chi connectivity index (χ4v) is 4.16. The van der Waals surface area contributed by atoms with Crippen molar-refractivity contribution in [3.8, 4) is 0 Å². The molecule has 0 bridgehead atoms. The molecule has 1 unspecified atom stereocenters. The van der Waals surface area contributed by atoms with Crippen LogP contribution in [-0.4, -0.2) is 24.5 Å². The number of fused-ring (bicyclic) bond motifs is 2. The van der Waals surface area contributed by atoms with Gasteiger partial charge in [0.1, 0.15) is 0 Å². The molecule has 118 valence electrons. The van der Waals surface area contributed by atoms with Gasteiger partial charge in [0.2, 0.25) is 0 Å². The molecule has 1 aliphatic carbocycles. The highest BCUT2D eigenvalue weighted by Gasteiger charge is 2.24. The first kappa shape index (κ1) is 14.7. The van der Waals surface area contributed by atoms with Crippen LogP contribution in [0.25, 0.3) is 0 Å². The van der Waals surface area contributed by atoms with Crippen LogP contribution in [0.2, 0.25) is 0 Å². The minimum Gasteiger partial charge on any atom is -0.300 e. The lowest BCUT2D eigenvalue weighted by atomic mass is 9.78. The first-order chi connectivity index (χ1) is 11.3. The molecule has 0 spiro atoms. The van der Waals surface area contributed by atoms with E-state index in [4.69, 9.17) is 0 Å². The molecule has 0 aromatic heterocycles. The van der Waals surface area contributed by atoms with Gasteiger partial charge in [-0.3, -0.25) is 4.90 Å². The molecule has 0 saturated carbocycles. The number of allylic oxidation sites excluding steroid dienone is 1. The monoisotopic (exact) mass is 303 g/mol. The van der Waals surface area contributed by atoms with Crippen LogP contribution < -0.4 is 0 Å². The van der Waals surface area contributed by atoms with Gasteiger partial charge in [-0.05, 0) is 55.1 Å². The molecule has 0 N–H and O–H groups in total. The maximum Gasteiger partial charge on any atom is 0.0275 e. The zero-order valence-electron chi connectivity index (χ0n) is 13.9. The molecule has 2 aliphatic rings. The molecule has 1 fully saturated rings. The molecule has 4 rings (SSSR count). The van der Waals surface area contributed by atoms with E-state index in [1.165, 1.54) is 48.1 Å². The molecule has 1 atom stereocenters. The number of benzene rings is 2. The third-order valence-corrected chi connectivity index (χ3v) is 5.51. The lowest BCUT2D eigenvalue weighted by Gasteiger charge is -2.31. The highest BCUT2D eigenvalue weighted by molar-refractivity contribution is 5.51. The summed E-state index contributed by atoms with van der Waals surface area (Å²) in [6.45, 7) is 1.23. The van der Waals surface area contributed by atoms with E-state index in [0.717, 1.165) is 6.42 Å². The summed E-state index contributed by atoms with van der Waals surface area (Å²) in [5.41, 5.74) is 5.94. The van der Waals surface area contributed by atoms with E-state index in [1.807, 2.05) is 0 Å². The van der Waals surface area contributed by atoms with Crippen molar-refractivity contribution >= 4 is 0 Å². The Bertz CT molecular complexity index is 670. The Hall–Kier alpha value is -1.86. The van der Waals surface area contributed by atoms with Crippen molar-refractivity contribution in [3.63, 3.8) is 0 Å². The van der Waals surface area contributed by atoms with Crippen molar-refractivity contribution < 1.29 is 0 Å². The minimum atomic E-state index is 0.409. The van der Waals surface area contributed by atoms with Gasteiger partial charge in [-0.25, -0.2) is 0 Å². The topological polar surface area (TPSA) is 3.24 Å². The Morgan fingerprint density at radius 3 is 2.17 bits per heavy atom. The SMILES string of the molecule is CN1CCCCC1/C=C/C1c2ccccc2Cc2ccccc21. The van der Waals surface area contributed by atoms with E-state index in [2.05, 4.69) is 72.6 Å². The summed E-state index contributed by atoms with van der Waals surface area (Å²) >= 11 is 0. The van der Waals surface area contributed by atoms with Gasteiger partial charge in [-0.15, -0.1) is 0 Å². The number of nitrogens with zero attached hydrogens (tertiary/aromatic N) is 1. The summed E-state index contributed by atoms with van der Waals surface area (Å²) in [7, 11) is 2.26. The largest absolute Gasteiger partial charge is 0.300 e. The Kier molecular flexibility index (Phi) is 4.05. The Balaban J connectivity index is 1.70. The molecule has 2 aromatic carbocycles. The number of likely N-dealkylation sites (tertiary alicyclic amines) is 1. The lowest BCUT2D eigenvalue weighted by molar-refractivity contribution is 0.221. The van der Waals surface area contributed by atoms with Gasteiger partial charge in [0.25, 0.3) is 0 Å². The van der Waals surface area contributed by atoms with Crippen molar-refractivity contribution in [1.82, 2.24) is 4.90 Å². The van der Waals surface area contributed by atoms with Crippen LogP contribution in [0.4, 0.5) is 0 Å². The fourth-order valence-electron chi connectivity index (χ4n) is 4.16. The average Bonchev–Trinajstić information content (AvgIpc) is 2.60. The highest BCUT2D eigenvalue weighted by atomic mass is 15.1. The molecule has 1 nitrogen and oxygen atoms in total. The number of piperidine rings is 1. The zero-order chi connectivity index (χ0) is 15.6. The summed E-state index contributed by atoms with van der Waals surface area (Å²) in [5, 5.41) is 0. The molecule has 0 radical (unpaired) electrons. The van der Waals surface area contributed by atoms with E-state index < -0.39 is 0 Å². The second-order valence-electron chi connectivity index (χ2n) is 6.98. The lowest BCUT2D eigenvalue weighted by Crippen LogP contribution is -2.34. The van der Waals surface area contributed by atoms with Gasteiger partial charge in [-0.2, -0.15) is 0 Å². The minimum absolute atomic E-state index is 0.409. The molecule has 1 heterocycles. The van der Waals surface area contributed by atoms with Gasteiger partial charge in [0.05, 0.1) is 0 Å². The van der Waals surface area contributed by atoms with Crippen LogP contribution in [-0.2, 0) is 6.42 Å². The second kappa shape index (κ2) is 6.33. The van der Waals surface area contributed by atoms with Crippen molar-refractivity contribution in [2.24, 2.45) is 0 Å². The summed E-state index contributed by atoms with van der Waals surface area (Å²) in [6, 6.07) is 18.5. The van der Waals surface area contributed by atoms with E-state index in [-0.39, 0.29) is 0 Å². The Labute approximate surface area is 139 Å². The van der Waals surface area contributed by atoms with Crippen molar-refractivity contribution in [3.05, 3.63) is 82.9 Å².